The molecule has 0 aliphatic carbocycles. The third-order valence-corrected chi connectivity index (χ3v) is 5.88. The Hall–Kier alpha value is -2.71. The van der Waals surface area contributed by atoms with Gasteiger partial charge in [-0.3, -0.25) is 0 Å². The van der Waals surface area contributed by atoms with Crippen LogP contribution in [0.2, 0.25) is 0 Å². The Kier molecular flexibility index (Phi) is 4.55. The van der Waals surface area contributed by atoms with E-state index in [0.717, 1.165) is 0 Å². The van der Waals surface area contributed by atoms with Gasteiger partial charge in [0.25, 0.3) is 0 Å². The average Bonchev–Trinajstić information content (AvgIpc) is 2.89. The third-order valence-electron chi connectivity index (χ3n) is 4.32. The summed E-state index contributed by atoms with van der Waals surface area (Å²) in [4.78, 5) is 24.2. The van der Waals surface area contributed by atoms with Gasteiger partial charge in [0.05, 0.1) is 24.7 Å². The van der Waals surface area contributed by atoms with Crippen LogP contribution in [0.4, 0.5) is 0 Å². The summed E-state index contributed by atoms with van der Waals surface area (Å²) >= 11 is 0. The van der Waals surface area contributed by atoms with Crippen LogP contribution in [0.1, 0.15) is 21.5 Å². The number of hydrogen-bond donors (Lipinski definition) is 1. The second-order valence-corrected chi connectivity index (χ2v) is 7.51. The monoisotopic (exact) mass is 375 g/mol. The summed E-state index contributed by atoms with van der Waals surface area (Å²) in [5.41, 5.74) is -0.209. The molecule has 0 fully saturated rings. The van der Waals surface area contributed by atoms with Gasteiger partial charge in [0, 0.05) is 12.0 Å². The number of ether oxygens (including phenoxy) is 2. The van der Waals surface area contributed by atoms with Gasteiger partial charge in [0.2, 0.25) is 10.0 Å². The number of sulfonamides is 1. The van der Waals surface area contributed by atoms with E-state index in [9.17, 15) is 18.0 Å². The molecule has 0 spiro atoms. The van der Waals surface area contributed by atoms with Crippen LogP contribution in [-0.2, 0) is 36.3 Å². The van der Waals surface area contributed by atoms with Gasteiger partial charge in [-0.1, -0.05) is 30.3 Å². The molecule has 1 N–H and O–H groups in total. The first-order chi connectivity index (χ1) is 12.3. The Labute approximate surface area is 151 Å². The lowest BCUT2D eigenvalue weighted by Crippen LogP contribution is -2.49. The van der Waals surface area contributed by atoms with E-state index in [0.29, 0.717) is 16.7 Å². The van der Waals surface area contributed by atoms with Crippen molar-refractivity contribution < 1.29 is 27.5 Å². The molecule has 8 heteroatoms. The highest BCUT2D eigenvalue weighted by Crippen LogP contribution is 2.39. The molecule has 2 aromatic carbocycles. The Morgan fingerprint density at radius 1 is 1.00 bits per heavy atom. The first-order valence-electron chi connectivity index (χ1n) is 7.73. The van der Waals surface area contributed by atoms with E-state index >= 15 is 0 Å². The van der Waals surface area contributed by atoms with Gasteiger partial charge in [-0.15, -0.1) is 0 Å². The Morgan fingerprint density at radius 2 is 1.65 bits per heavy atom. The molecule has 26 heavy (non-hydrogen) atoms. The summed E-state index contributed by atoms with van der Waals surface area (Å²) in [5, 5.41) is 0. The highest BCUT2D eigenvalue weighted by atomic mass is 32.2. The van der Waals surface area contributed by atoms with Crippen LogP contribution in [0.25, 0.3) is 0 Å². The summed E-state index contributed by atoms with van der Waals surface area (Å²) < 4.78 is 37.0. The number of nitrogens with one attached hydrogen (secondary N) is 1. The highest BCUT2D eigenvalue weighted by molar-refractivity contribution is 7.90. The molecule has 1 aliphatic heterocycles. The molecule has 0 amide bonds. The van der Waals surface area contributed by atoms with Gasteiger partial charge in [0.15, 0.2) is 5.54 Å². The van der Waals surface area contributed by atoms with Gasteiger partial charge in [-0.25, -0.2) is 18.0 Å². The maximum absolute atomic E-state index is 12.6. The summed E-state index contributed by atoms with van der Waals surface area (Å²) in [6.07, 6.45) is 0.0391. The minimum absolute atomic E-state index is 0.0391. The molecule has 136 valence electrons. The maximum Gasteiger partial charge on any atom is 0.337 e. The molecule has 2 aromatic rings. The Bertz CT molecular complexity index is 967. The normalized spacial score (nSPS) is 20.2. The molecule has 0 saturated carbocycles. The van der Waals surface area contributed by atoms with Crippen LogP contribution in [-0.4, -0.2) is 34.6 Å². The van der Waals surface area contributed by atoms with Crippen LogP contribution >= 0.6 is 0 Å². The fraction of sp³-hybridized carbons (Fsp3) is 0.222. The number of esters is 2. The van der Waals surface area contributed by atoms with Gasteiger partial charge < -0.3 is 9.47 Å². The number of fused-ring (bicyclic) bond motifs is 1. The fourth-order valence-electron chi connectivity index (χ4n) is 3.10. The van der Waals surface area contributed by atoms with E-state index in [4.69, 9.17) is 4.74 Å². The smallest absolute Gasteiger partial charge is 0.337 e. The molecule has 1 heterocycles. The largest absolute Gasteiger partial charge is 0.467 e. The minimum atomic E-state index is -3.84. The number of hydrogen-bond acceptors (Lipinski definition) is 6. The van der Waals surface area contributed by atoms with Gasteiger partial charge in [-0.2, -0.15) is 4.72 Å². The Morgan fingerprint density at radius 3 is 2.27 bits per heavy atom. The standard InChI is InChI=1S/C18H17NO6S/c1-24-16(20)13-9-7-12(8-10-13)11-18(17(21)25-2)14-5-3-4-6-15(14)26(22,23)19-18/h3-10,19H,11H2,1-2H3/t18-/m1/s1. The first kappa shape index (κ1) is 18.1. The van der Waals surface area contributed by atoms with Crippen LogP contribution < -0.4 is 4.72 Å². The summed E-state index contributed by atoms with van der Waals surface area (Å²) in [5.74, 6) is -1.19. The third kappa shape index (κ3) is 2.87. The SMILES string of the molecule is COC(=O)c1ccc(C[C@@]2(C(=O)OC)NS(=O)(=O)c3ccccc32)cc1. The predicted octanol–water partition coefficient (Wildman–Crippen LogP) is 1.38. The zero-order chi connectivity index (χ0) is 18.9. The van der Waals surface area contributed by atoms with Crippen molar-refractivity contribution in [3.63, 3.8) is 0 Å². The lowest BCUT2D eigenvalue weighted by Gasteiger charge is -2.26. The maximum atomic E-state index is 12.6. The molecular weight excluding hydrogens is 358 g/mol. The molecule has 0 saturated heterocycles. The molecule has 1 atom stereocenters. The van der Waals surface area contributed by atoms with Crippen molar-refractivity contribution in [2.24, 2.45) is 0 Å². The first-order valence-corrected chi connectivity index (χ1v) is 9.21. The van der Waals surface area contributed by atoms with E-state index in [-0.39, 0.29) is 11.3 Å². The second-order valence-electron chi connectivity index (χ2n) is 5.86. The van der Waals surface area contributed by atoms with Crippen LogP contribution in [0.15, 0.2) is 53.4 Å². The Balaban J connectivity index is 2.06. The molecule has 1 aliphatic rings. The summed E-state index contributed by atoms with van der Waals surface area (Å²) in [6, 6.07) is 12.7. The lowest BCUT2D eigenvalue weighted by molar-refractivity contribution is -0.148. The van der Waals surface area contributed by atoms with Crippen LogP contribution in [0.3, 0.4) is 0 Å². The lowest BCUT2D eigenvalue weighted by atomic mass is 9.84. The molecule has 0 aromatic heterocycles. The van der Waals surface area contributed by atoms with Crippen molar-refractivity contribution in [2.75, 3.05) is 14.2 Å². The van der Waals surface area contributed by atoms with E-state index in [1.54, 1.807) is 42.5 Å². The number of benzene rings is 2. The van der Waals surface area contributed by atoms with E-state index in [1.807, 2.05) is 0 Å². The quantitative estimate of drug-likeness (QED) is 0.811. The molecule has 7 nitrogen and oxygen atoms in total. The number of rotatable bonds is 4. The van der Waals surface area contributed by atoms with Crippen molar-refractivity contribution in [1.29, 1.82) is 0 Å². The predicted molar refractivity (Wildman–Crippen MR) is 91.9 cm³/mol. The van der Waals surface area contributed by atoms with E-state index in [2.05, 4.69) is 9.46 Å². The summed E-state index contributed by atoms with van der Waals surface area (Å²) in [7, 11) is -1.35. The van der Waals surface area contributed by atoms with Crippen LogP contribution in [0, 0.1) is 0 Å². The van der Waals surface area contributed by atoms with E-state index in [1.165, 1.54) is 20.3 Å². The van der Waals surface area contributed by atoms with Crippen molar-refractivity contribution >= 4 is 22.0 Å². The second kappa shape index (κ2) is 6.54. The zero-order valence-corrected chi connectivity index (χ0v) is 15.0. The molecule has 0 radical (unpaired) electrons. The van der Waals surface area contributed by atoms with Crippen molar-refractivity contribution in [1.82, 2.24) is 4.72 Å². The number of methoxy groups -OCH3 is 2. The average molecular weight is 375 g/mol. The number of carbonyl (C=O) groups excluding carboxylic acids is 2. The van der Waals surface area contributed by atoms with Gasteiger partial charge in [0.1, 0.15) is 0 Å². The van der Waals surface area contributed by atoms with Gasteiger partial charge >= 0.3 is 11.9 Å². The number of carbonyl (C=O) groups is 2. The van der Waals surface area contributed by atoms with Gasteiger partial charge in [-0.05, 0) is 23.8 Å². The topological polar surface area (TPSA) is 98.8 Å². The van der Waals surface area contributed by atoms with E-state index < -0.39 is 27.5 Å². The fourth-order valence-corrected chi connectivity index (χ4v) is 4.73. The minimum Gasteiger partial charge on any atom is -0.467 e. The summed E-state index contributed by atoms with van der Waals surface area (Å²) in [6.45, 7) is 0. The molecule has 0 unspecified atom stereocenters. The molecular formula is C18H17NO6S. The van der Waals surface area contributed by atoms with Crippen molar-refractivity contribution in [3.8, 4) is 0 Å². The van der Waals surface area contributed by atoms with Crippen molar-refractivity contribution in [3.05, 3.63) is 65.2 Å². The highest BCUT2D eigenvalue weighted by Gasteiger charge is 2.52. The molecule has 0 bridgehead atoms. The molecule has 3 rings (SSSR count). The van der Waals surface area contributed by atoms with Crippen molar-refractivity contribution in [2.45, 2.75) is 16.9 Å². The van der Waals surface area contributed by atoms with Crippen LogP contribution in [0.5, 0.6) is 0 Å². The zero-order valence-electron chi connectivity index (χ0n) is 14.2.